The zero-order valence-corrected chi connectivity index (χ0v) is 20.1. The summed E-state index contributed by atoms with van der Waals surface area (Å²) in [4.78, 5) is 4.60. The standard InChI is InChI=1S/C22H31N3OS.HI/c1-4-19-11-13-21(14-12-19)18(3)25-22(23-5-2)24-15-16-27(26)17-20-9-7-6-8-10-20;/h6-14,18H,4-5,15-17H2,1-3H3,(H2,23,24,25);1H. The van der Waals surface area contributed by atoms with Crippen LogP contribution in [0.15, 0.2) is 59.6 Å². The summed E-state index contributed by atoms with van der Waals surface area (Å²) in [5.41, 5.74) is 3.67. The van der Waals surface area contributed by atoms with Gasteiger partial charge >= 0.3 is 0 Å². The molecule has 0 aliphatic heterocycles. The third kappa shape index (κ3) is 8.73. The summed E-state index contributed by atoms with van der Waals surface area (Å²) >= 11 is 0. The van der Waals surface area contributed by atoms with Crippen LogP contribution in [0.2, 0.25) is 0 Å². The minimum Gasteiger partial charge on any atom is -0.357 e. The first-order valence-corrected chi connectivity index (χ1v) is 11.1. The van der Waals surface area contributed by atoms with E-state index < -0.39 is 10.8 Å². The monoisotopic (exact) mass is 513 g/mol. The Kier molecular flexibility index (Phi) is 12.1. The maximum absolute atomic E-state index is 12.3. The largest absolute Gasteiger partial charge is 0.357 e. The molecule has 0 fully saturated rings. The zero-order valence-electron chi connectivity index (χ0n) is 17.0. The normalized spacial score (nSPS) is 13.3. The topological polar surface area (TPSA) is 53.5 Å². The summed E-state index contributed by atoms with van der Waals surface area (Å²) < 4.78 is 12.3. The Bertz CT molecular complexity index is 735. The van der Waals surface area contributed by atoms with E-state index in [0.717, 1.165) is 24.5 Å². The number of nitrogens with one attached hydrogen (secondary N) is 2. The number of nitrogens with zero attached hydrogens (tertiary/aromatic N) is 1. The average Bonchev–Trinajstić information content (AvgIpc) is 2.69. The Morgan fingerprint density at radius 3 is 2.32 bits per heavy atom. The van der Waals surface area contributed by atoms with Crippen LogP contribution in [0.5, 0.6) is 0 Å². The third-order valence-corrected chi connectivity index (χ3v) is 5.64. The summed E-state index contributed by atoms with van der Waals surface area (Å²) in [5.74, 6) is 1.91. The molecule has 2 unspecified atom stereocenters. The van der Waals surface area contributed by atoms with E-state index in [0.29, 0.717) is 18.1 Å². The van der Waals surface area contributed by atoms with E-state index >= 15 is 0 Å². The second-order valence-corrected chi connectivity index (χ2v) is 8.07. The highest BCUT2D eigenvalue weighted by atomic mass is 127. The van der Waals surface area contributed by atoms with Gasteiger partial charge in [0.1, 0.15) is 0 Å². The van der Waals surface area contributed by atoms with Gasteiger partial charge in [0, 0.05) is 28.9 Å². The predicted molar refractivity (Wildman–Crippen MR) is 132 cm³/mol. The maximum atomic E-state index is 12.3. The van der Waals surface area contributed by atoms with Gasteiger partial charge in [-0.25, -0.2) is 0 Å². The number of aryl methyl sites for hydroxylation is 1. The molecule has 0 saturated heterocycles. The van der Waals surface area contributed by atoms with Crippen LogP contribution >= 0.6 is 24.0 Å². The lowest BCUT2D eigenvalue weighted by molar-refractivity contribution is 0.679. The first-order valence-electron chi connectivity index (χ1n) is 9.65. The third-order valence-electron chi connectivity index (χ3n) is 4.34. The van der Waals surface area contributed by atoms with Gasteiger partial charge in [-0.1, -0.05) is 61.5 Å². The van der Waals surface area contributed by atoms with Gasteiger partial charge in [0.2, 0.25) is 0 Å². The fourth-order valence-electron chi connectivity index (χ4n) is 2.74. The molecule has 28 heavy (non-hydrogen) atoms. The smallest absolute Gasteiger partial charge is 0.191 e. The Morgan fingerprint density at radius 2 is 1.71 bits per heavy atom. The number of hydrogen-bond acceptors (Lipinski definition) is 2. The van der Waals surface area contributed by atoms with Crippen molar-refractivity contribution in [1.29, 1.82) is 0 Å². The summed E-state index contributed by atoms with van der Waals surface area (Å²) in [6.45, 7) is 7.66. The fraction of sp³-hybridized carbons (Fsp3) is 0.409. The highest BCUT2D eigenvalue weighted by Gasteiger charge is 2.08. The molecule has 0 aliphatic carbocycles. The van der Waals surface area contributed by atoms with Crippen molar-refractivity contribution >= 4 is 40.7 Å². The van der Waals surface area contributed by atoms with Gasteiger partial charge in [0.05, 0.1) is 12.6 Å². The molecule has 0 radical (unpaired) electrons. The molecule has 2 aromatic rings. The van der Waals surface area contributed by atoms with E-state index in [4.69, 9.17) is 0 Å². The summed E-state index contributed by atoms with van der Waals surface area (Å²) in [7, 11) is -0.906. The van der Waals surface area contributed by atoms with E-state index in [1.54, 1.807) is 0 Å². The molecule has 0 heterocycles. The summed E-state index contributed by atoms with van der Waals surface area (Å²) in [5, 5.41) is 6.70. The number of halogens is 1. The molecule has 6 heteroatoms. The molecule has 2 aromatic carbocycles. The molecule has 2 N–H and O–H groups in total. The molecular weight excluding hydrogens is 481 g/mol. The number of rotatable bonds is 9. The van der Waals surface area contributed by atoms with Gasteiger partial charge in [0.15, 0.2) is 5.96 Å². The Balaban J connectivity index is 0.00000392. The minimum absolute atomic E-state index is 0. The molecule has 0 aromatic heterocycles. The first-order chi connectivity index (χ1) is 13.1. The Morgan fingerprint density at radius 1 is 1.04 bits per heavy atom. The van der Waals surface area contributed by atoms with Crippen LogP contribution in [-0.2, 0) is 23.0 Å². The van der Waals surface area contributed by atoms with Crippen molar-refractivity contribution in [3.63, 3.8) is 0 Å². The quantitative estimate of drug-likeness (QED) is 0.296. The summed E-state index contributed by atoms with van der Waals surface area (Å²) in [6, 6.07) is 18.8. The predicted octanol–water partition coefficient (Wildman–Crippen LogP) is 4.43. The zero-order chi connectivity index (χ0) is 19.5. The molecule has 2 atom stereocenters. The van der Waals surface area contributed by atoms with Crippen molar-refractivity contribution in [2.75, 3.05) is 18.8 Å². The highest BCUT2D eigenvalue weighted by Crippen LogP contribution is 2.13. The second kappa shape index (κ2) is 13.7. The Hall–Kier alpha value is -1.41. The van der Waals surface area contributed by atoms with Crippen LogP contribution < -0.4 is 10.6 Å². The molecule has 2 rings (SSSR count). The van der Waals surface area contributed by atoms with Gasteiger partial charge < -0.3 is 10.6 Å². The highest BCUT2D eigenvalue weighted by molar-refractivity contribution is 14.0. The van der Waals surface area contributed by atoms with Crippen LogP contribution in [0.4, 0.5) is 0 Å². The molecule has 4 nitrogen and oxygen atoms in total. The van der Waals surface area contributed by atoms with Crippen LogP contribution in [0.3, 0.4) is 0 Å². The second-order valence-electron chi connectivity index (χ2n) is 6.50. The van der Waals surface area contributed by atoms with Crippen molar-refractivity contribution in [3.05, 3.63) is 71.3 Å². The molecule has 0 spiro atoms. The fourth-order valence-corrected chi connectivity index (χ4v) is 3.75. The van der Waals surface area contributed by atoms with Crippen molar-refractivity contribution in [3.8, 4) is 0 Å². The Labute approximate surface area is 189 Å². The van der Waals surface area contributed by atoms with Gasteiger partial charge in [0.25, 0.3) is 0 Å². The molecular formula is C22H32IN3OS. The van der Waals surface area contributed by atoms with E-state index in [-0.39, 0.29) is 30.0 Å². The lowest BCUT2D eigenvalue weighted by Gasteiger charge is -2.18. The van der Waals surface area contributed by atoms with E-state index in [1.165, 1.54) is 11.1 Å². The van der Waals surface area contributed by atoms with Crippen LogP contribution in [-0.4, -0.2) is 29.0 Å². The summed E-state index contributed by atoms with van der Waals surface area (Å²) in [6.07, 6.45) is 1.05. The van der Waals surface area contributed by atoms with E-state index in [2.05, 4.69) is 53.7 Å². The molecule has 0 bridgehead atoms. The van der Waals surface area contributed by atoms with Gasteiger partial charge in [-0.3, -0.25) is 9.20 Å². The van der Waals surface area contributed by atoms with Gasteiger partial charge in [-0.15, -0.1) is 24.0 Å². The maximum Gasteiger partial charge on any atom is 0.191 e. The van der Waals surface area contributed by atoms with Crippen LogP contribution in [0.1, 0.15) is 43.5 Å². The number of guanidine groups is 1. The van der Waals surface area contributed by atoms with Crippen LogP contribution in [0, 0.1) is 0 Å². The molecule has 0 aliphatic rings. The molecule has 0 saturated carbocycles. The van der Waals surface area contributed by atoms with Crippen molar-refractivity contribution < 1.29 is 4.21 Å². The van der Waals surface area contributed by atoms with Crippen molar-refractivity contribution in [1.82, 2.24) is 10.6 Å². The van der Waals surface area contributed by atoms with Crippen molar-refractivity contribution in [2.24, 2.45) is 4.99 Å². The SMILES string of the molecule is CCNC(=NCCS(=O)Cc1ccccc1)NC(C)c1ccc(CC)cc1.I. The average molecular weight is 513 g/mol. The molecule has 154 valence electrons. The first kappa shape index (κ1) is 24.6. The number of benzene rings is 2. The lowest BCUT2D eigenvalue weighted by Crippen LogP contribution is -2.39. The molecule has 0 amide bonds. The number of hydrogen-bond donors (Lipinski definition) is 2. The minimum atomic E-state index is -0.906. The van der Waals surface area contributed by atoms with Gasteiger partial charge in [-0.2, -0.15) is 0 Å². The van der Waals surface area contributed by atoms with Crippen molar-refractivity contribution in [2.45, 2.75) is 39.0 Å². The van der Waals surface area contributed by atoms with Gasteiger partial charge in [-0.05, 0) is 37.0 Å². The number of aliphatic imine (C=N–C) groups is 1. The van der Waals surface area contributed by atoms with Crippen LogP contribution in [0.25, 0.3) is 0 Å². The lowest BCUT2D eigenvalue weighted by atomic mass is 10.1. The van der Waals surface area contributed by atoms with E-state index in [1.807, 2.05) is 37.3 Å². The van der Waals surface area contributed by atoms with E-state index in [9.17, 15) is 4.21 Å².